The first-order valence-electron chi connectivity index (χ1n) is 5.53. The van der Waals surface area contributed by atoms with Crippen molar-refractivity contribution in [3.05, 3.63) is 52.5 Å². The van der Waals surface area contributed by atoms with Crippen molar-refractivity contribution in [2.24, 2.45) is 0 Å². The highest BCUT2D eigenvalue weighted by Gasteiger charge is 2.11. The number of halogens is 2. The van der Waals surface area contributed by atoms with Crippen LogP contribution in [0.5, 0.6) is 0 Å². The molecule has 0 aliphatic carbocycles. The second-order valence-corrected chi connectivity index (χ2v) is 4.61. The minimum atomic E-state index is -0.350. The zero-order valence-corrected chi connectivity index (χ0v) is 11.4. The smallest absolute Gasteiger partial charge is 0.272 e. The van der Waals surface area contributed by atoms with Crippen molar-refractivity contribution in [1.82, 2.24) is 4.57 Å². The zero-order valence-electron chi connectivity index (χ0n) is 9.78. The van der Waals surface area contributed by atoms with Gasteiger partial charge in [0, 0.05) is 17.2 Å². The fraction of sp³-hybridized carbons (Fsp3) is 0.154. The first kappa shape index (κ1) is 12.8. The SMILES string of the molecule is CCn1cccc1C(=O)Nc1ccc(F)cc1Br. The number of carbonyl (C=O) groups excluding carboxylic acids is 1. The maximum atomic E-state index is 12.9. The number of nitrogens with zero attached hydrogens (tertiary/aromatic N) is 1. The maximum absolute atomic E-state index is 12.9. The summed E-state index contributed by atoms with van der Waals surface area (Å²) in [6.45, 7) is 2.69. The Morgan fingerprint density at radius 2 is 2.22 bits per heavy atom. The highest BCUT2D eigenvalue weighted by atomic mass is 79.9. The molecule has 0 spiro atoms. The predicted molar refractivity (Wildman–Crippen MR) is 72.2 cm³/mol. The standard InChI is InChI=1S/C13H12BrFN2O/c1-2-17-7-3-4-12(17)13(18)16-11-6-5-9(15)8-10(11)14/h3-8H,2H2,1H3,(H,16,18). The van der Waals surface area contributed by atoms with Crippen LogP contribution in [0.2, 0.25) is 0 Å². The summed E-state index contributed by atoms with van der Waals surface area (Å²) in [4.78, 5) is 12.0. The number of rotatable bonds is 3. The van der Waals surface area contributed by atoms with Crippen LogP contribution >= 0.6 is 15.9 Å². The molecule has 0 radical (unpaired) electrons. The molecule has 0 aliphatic heterocycles. The second kappa shape index (κ2) is 5.35. The van der Waals surface area contributed by atoms with Crippen LogP contribution in [0.25, 0.3) is 0 Å². The molecule has 5 heteroatoms. The number of anilines is 1. The summed E-state index contributed by atoms with van der Waals surface area (Å²) < 4.78 is 15.3. The molecule has 1 aromatic heterocycles. The van der Waals surface area contributed by atoms with Gasteiger partial charge in [-0.2, -0.15) is 0 Å². The molecule has 18 heavy (non-hydrogen) atoms. The minimum absolute atomic E-state index is 0.214. The fourth-order valence-corrected chi connectivity index (χ4v) is 2.12. The molecule has 0 saturated heterocycles. The minimum Gasteiger partial charge on any atom is -0.344 e. The highest BCUT2D eigenvalue weighted by Crippen LogP contribution is 2.23. The Morgan fingerprint density at radius 3 is 2.89 bits per heavy atom. The van der Waals surface area contributed by atoms with Gasteiger partial charge in [0.2, 0.25) is 0 Å². The molecule has 94 valence electrons. The molecule has 0 unspecified atom stereocenters. The third kappa shape index (κ3) is 2.61. The van der Waals surface area contributed by atoms with Crippen molar-refractivity contribution in [1.29, 1.82) is 0 Å². The average Bonchev–Trinajstić information content (AvgIpc) is 2.81. The molecule has 2 rings (SSSR count). The van der Waals surface area contributed by atoms with E-state index in [1.165, 1.54) is 18.2 Å². The third-order valence-electron chi connectivity index (χ3n) is 2.58. The number of aromatic nitrogens is 1. The second-order valence-electron chi connectivity index (χ2n) is 3.76. The molecule has 0 atom stereocenters. The van der Waals surface area contributed by atoms with Crippen LogP contribution in [0.3, 0.4) is 0 Å². The Balaban J connectivity index is 2.21. The molecule has 0 bridgehead atoms. The van der Waals surface area contributed by atoms with E-state index >= 15 is 0 Å². The summed E-state index contributed by atoms with van der Waals surface area (Å²) in [6, 6.07) is 7.71. The Morgan fingerprint density at radius 1 is 1.44 bits per heavy atom. The first-order chi connectivity index (χ1) is 8.61. The number of carbonyl (C=O) groups is 1. The lowest BCUT2D eigenvalue weighted by atomic mass is 10.3. The van der Waals surface area contributed by atoms with Gasteiger partial charge >= 0.3 is 0 Å². The van der Waals surface area contributed by atoms with E-state index in [-0.39, 0.29) is 11.7 Å². The van der Waals surface area contributed by atoms with Gasteiger partial charge in [-0.15, -0.1) is 0 Å². The van der Waals surface area contributed by atoms with Gasteiger partial charge in [0.25, 0.3) is 5.91 Å². The number of nitrogens with one attached hydrogen (secondary N) is 1. The molecule has 1 aromatic carbocycles. The Labute approximate surface area is 113 Å². The van der Waals surface area contributed by atoms with Crippen molar-refractivity contribution in [3.63, 3.8) is 0 Å². The van der Waals surface area contributed by atoms with E-state index in [0.717, 1.165) is 6.54 Å². The van der Waals surface area contributed by atoms with Crippen LogP contribution in [0.4, 0.5) is 10.1 Å². The monoisotopic (exact) mass is 310 g/mol. The van der Waals surface area contributed by atoms with E-state index in [1.54, 1.807) is 6.07 Å². The number of hydrogen-bond acceptors (Lipinski definition) is 1. The molecule has 2 aromatic rings. The number of amides is 1. The fourth-order valence-electron chi connectivity index (χ4n) is 1.67. The summed E-state index contributed by atoms with van der Waals surface area (Å²) in [5.41, 5.74) is 1.12. The molecule has 0 saturated carbocycles. The number of benzene rings is 1. The van der Waals surface area contributed by atoms with E-state index in [2.05, 4.69) is 21.2 Å². The third-order valence-corrected chi connectivity index (χ3v) is 3.24. The van der Waals surface area contributed by atoms with Gasteiger partial charge in [-0.1, -0.05) is 0 Å². The van der Waals surface area contributed by atoms with Crippen molar-refractivity contribution in [2.75, 3.05) is 5.32 Å². The molecular formula is C13H12BrFN2O. The molecular weight excluding hydrogens is 299 g/mol. The first-order valence-corrected chi connectivity index (χ1v) is 6.32. The lowest BCUT2D eigenvalue weighted by molar-refractivity contribution is 0.101. The van der Waals surface area contributed by atoms with Crippen molar-refractivity contribution in [3.8, 4) is 0 Å². The van der Waals surface area contributed by atoms with Crippen LogP contribution in [-0.4, -0.2) is 10.5 Å². The van der Waals surface area contributed by atoms with E-state index in [9.17, 15) is 9.18 Å². The molecule has 0 fully saturated rings. The van der Waals surface area contributed by atoms with Gasteiger partial charge in [0.15, 0.2) is 0 Å². The van der Waals surface area contributed by atoms with Crippen molar-refractivity contribution >= 4 is 27.5 Å². The average molecular weight is 311 g/mol. The van der Waals surface area contributed by atoms with E-state index in [1.807, 2.05) is 23.8 Å². The van der Waals surface area contributed by atoms with Crippen LogP contribution in [0, 0.1) is 5.82 Å². The normalized spacial score (nSPS) is 10.4. The summed E-state index contributed by atoms with van der Waals surface area (Å²) in [5.74, 6) is -0.564. The van der Waals surface area contributed by atoms with E-state index in [0.29, 0.717) is 15.9 Å². The van der Waals surface area contributed by atoms with Crippen LogP contribution in [0.1, 0.15) is 17.4 Å². The Hall–Kier alpha value is -1.62. The van der Waals surface area contributed by atoms with Gasteiger partial charge in [-0.05, 0) is 53.2 Å². The van der Waals surface area contributed by atoms with Crippen molar-refractivity contribution in [2.45, 2.75) is 13.5 Å². The summed E-state index contributed by atoms with van der Waals surface area (Å²) >= 11 is 3.21. The lowest BCUT2D eigenvalue weighted by Gasteiger charge is -2.09. The topological polar surface area (TPSA) is 34.0 Å². The molecule has 1 amide bonds. The Bertz CT molecular complexity index is 580. The van der Waals surface area contributed by atoms with Gasteiger partial charge in [0.05, 0.1) is 5.69 Å². The lowest BCUT2D eigenvalue weighted by Crippen LogP contribution is -2.16. The predicted octanol–water partition coefficient (Wildman–Crippen LogP) is 3.66. The highest BCUT2D eigenvalue weighted by molar-refractivity contribution is 9.10. The quantitative estimate of drug-likeness (QED) is 0.922. The summed E-state index contributed by atoms with van der Waals surface area (Å²) in [5, 5.41) is 2.74. The summed E-state index contributed by atoms with van der Waals surface area (Å²) in [7, 11) is 0. The van der Waals surface area contributed by atoms with E-state index in [4.69, 9.17) is 0 Å². The van der Waals surface area contributed by atoms with E-state index < -0.39 is 0 Å². The number of aryl methyl sites for hydroxylation is 1. The van der Waals surface area contributed by atoms with Gasteiger partial charge in [-0.3, -0.25) is 4.79 Å². The van der Waals surface area contributed by atoms with Gasteiger partial charge in [-0.25, -0.2) is 4.39 Å². The molecule has 0 aliphatic rings. The zero-order chi connectivity index (χ0) is 13.1. The molecule has 1 N–H and O–H groups in total. The summed E-state index contributed by atoms with van der Waals surface area (Å²) in [6.07, 6.45) is 1.84. The Kier molecular flexibility index (Phi) is 3.81. The van der Waals surface area contributed by atoms with Crippen LogP contribution in [0.15, 0.2) is 41.0 Å². The number of hydrogen-bond donors (Lipinski definition) is 1. The van der Waals surface area contributed by atoms with Gasteiger partial charge in [0.1, 0.15) is 11.5 Å². The van der Waals surface area contributed by atoms with Crippen LogP contribution < -0.4 is 5.32 Å². The van der Waals surface area contributed by atoms with Crippen LogP contribution in [-0.2, 0) is 6.54 Å². The van der Waals surface area contributed by atoms with Gasteiger partial charge < -0.3 is 9.88 Å². The van der Waals surface area contributed by atoms with Crippen molar-refractivity contribution < 1.29 is 9.18 Å². The largest absolute Gasteiger partial charge is 0.344 e. The maximum Gasteiger partial charge on any atom is 0.272 e. The molecule has 1 heterocycles. The molecule has 3 nitrogen and oxygen atoms in total.